The molecule has 0 aliphatic carbocycles. The predicted molar refractivity (Wildman–Crippen MR) is 67.8 cm³/mol. The number of esters is 1. The van der Waals surface area contributed by atoms with Gasteiger partial charge in [0.05, 0.1) is 6.61 Å². The molecule has 0 saturated carbocycles. The standard InChI is InChI=1S/C12H11ClN2O4/c1-2-18-10(16)7-15-12(17)19-11(14-15)8-3-5-9(13)6-4-8/h3-6H,2,7H2,1H3. The molecule has 0 bridgehead atoms. The highest BCUT2D eigenvalue weighted by Crippen LogP contribution is 2.18. The number of rotatable bonds is 4. The Morgan fingerprint density at radius 2 is 2.11 bits per heavy atom. The van der Waals surface area contributed by atoms with Crippen LogP contribution in [0.2, 0.25) is 5.02 Å². The van der Waals surface area contributed by atoms with Crippen LogP contribution in [-0.2, 0) is 16.1 Å². The van der Waals surface area contributed by atoms with Crippen molar-refractivity contribution in [3.63, 3.8) is 0 Å². The summed E-state index contributed by atoms with van der Waals surface area (Å²) in [6.45, 7) is 1.65. The molecule has 1 heterocycles. The molecule has 0 atom stereocenters. The molecule has 0 aliphatic rings. The van der Waals surface area contributed by atoms with Crippen LogP contribution in [0.4, 0.5) is 0 Å². The number of halogens is 1. The first-order chi connectivity index (χ1) is 9.10. The van der Waals surface area contributed by atoms with Gasteiger partial charge >= 0.3 is 11.7 Å². The second kappa shape index (κ2) is 5.71. The molecule has 1 aromatic carbocycles. The van der Waals surface area contributed by atoms with Crippen LogP contribution in [0.1, 0.15) is 6.92 Å². The largest absolute Gasteiger partial charge is 0.465 e. The van der Waals surface area contributed by atoms with E-state index >= 15 is 0 Å². The van der Waals surface area contributed by atoms with Gasteiger partial charge < -0.3 is 9.15 Å². The molecule has 19 heavy (non-hydrogen) atoms. The van der Waals surface area contributed by atoms with Crippen LogP contribution in [-0.4, -0.2) is 22.4 Å². The minimum absolute atomic E-state index is 0.131. The molecule has 7 heteroatoms. The molecule has 0 N–H and O–H groups in total. The molecular formula is C12H11ClN2O4. The summed E-state index contributed by atoms with van der Waals surface area (Å²) in [5.74, 6) is -1.12. The topological polar surface area (TPSA) is 74.3 Å². The first-order valence-electron chi connectivity index (χ1n) is 5.59. The third-order valence-electron chi connectivity index (χ3n) is 2.28. The fourth-order valence-electron chi connectivity index (χ4n) is 1.44. The summed E-state index contributed by atoms with van der Waals surface area (Å²) in [6, 6.07) is 6.65. The lowest BCUT2D eigenvalue weighted by atomic mass is 10.2. The molecule has 6 nitrogen and oxygen atoms in total. The lowest BCUT2D eigenvalue weighted by molar-refractivity contribution is -0.144. The third kappa shape index (κ3) is 3.23. The van der Waals surface area contributed by atoms with Gasteiger partial charge in [0.15, 0.2) is 0 Å². The van der Waals surface area contributed by atoms with Crippen LogP contribution in [0.25, 0.3) is 11.5 Å². The Bertz CT molecular complexity index is 630. The van der Waals surface area contributed by atoms with Crippen molar-refractivity contribution in [1.29, 1.82) is 0 Å². The Morgan fingerprint density at radius 3 is 2.74 bits per heavy atom. The molecular weight excluding hydrogens is 272 g/mol. The summed E-state index contributed by atoms with van der Waals surface area (Å²) in [7, 11) is 0. The zero-order valence-corrected chi connectivity index (χ0v) is 10.9. The average Bonchev–Trinajstić information content (AvgIpc) is 2.72. The Kier molecular flexibility index (Phi) is 4.01. The van der Waals surface area contributed by atoms with Gasteiger partial charge in [0.1, 0.15) is 6.54 Å². The van der Waals surface area contributed by atoms with Gasteiger partial charge in [0.2, 0.25) is 5.89 Å². The van der Waals surface area contributed by atoms with Crippen LogP contribution in [0, 0.1) is 0 Å². The number of nitrogens with zero attached hydrogens (tertiary/aromatic N) is 2. The molecule has 0 fully saturated rings. The number of hydrogen-bond acceptors (Lipinski definition) is 5. The van der Waals surface area contributed by atoms with Crippen molar-refractivity contribution in [3.8, 4) is 11.5 Å². The molecule has 100 valence electrons. The number of carbonyl (C=O) groups is 1. The van der Waals surface area contributed by atoms with E-state index in [-0.39, 0.29) is 19.0 Å². The quantitative estimate of drug-likeness (QED) is 0.798. The van der Waals surface area contributed by atoms with E-state index in [2.05, 4.69) is 5.10 Å². The number of ether oxygens (including phenoxy) is 1. The van der Waals surface area contributed by atoms with Crippen LogP contribution in [0.15, 0.2) is 33.5 Å². The predicted octanol–water partition coefficient (Wildman–Crippen LogP) is 1.72. The van der Waals surface area contributed by atoms with Crippen molar-refractivity contribution in [2.45, 2.75) is 13.5 Å². The van der Waals surface area contributed by atoms with E-state index in [0.29, 0.717) is 10.6 Å². The highest BCUT2D eigenvalue weighted by Gasteiger charge is 2.13. The van der Waals surface area contributed by atoms with Crippen LogP contribution in [0.3, 0.4) is 0 Å². The Hall–Kier alpha value is -2.08. The second-order valence-corrected chi connectivity index (χ2v) is 4.08. The van der Waals surface area contributed by atoms with Crippen molar-refractivity contribution in [1.82, 2.24) is 9.78 Å². The number of aromatic nitrogens is 2. The lowest BCUT2D eigenvalue weighted by Crippen LogP contribution is -2.22. The maximum Gasteiger partial charge on any atom is 0.437 e. The first kappa shape index (κ1) is 13.4. The van der Waals surface area contributed by atoms with E-state index in [1.165, 1.54) is 0 Å². The second-order valence-electron chi connectivity index (χ2n) is 3.64. The van der Waals surface area contributed by atoms with Crippen molar-refractivity contribution in [3.05, 3.63) is 39.8 Å². The van der Waals surface area contributed by atoms with Crippen LogP contribution >= 0.6 is 11.6 Å². The Balaban J connectivity index is 2.23. The SMILES string of the molecule is CCOC(=O)Cn1nc(-c2ccc(Cl)cc2)oc1=O. The summed E-state index contributed by atoms with van der Waals surface area (Å²) < 4.78 is 10.6. The molecule has 0 radical (unpaired) electrons. The number of hydrogen-bond donors (Lipinski definition) is 0. The van der Waals surface area contributed by atoms with Crippen molar-refractivity contribution < 1.29 is 13.9 Å². The van der Waals surface area contributed by atoms with E-state index < -0.39 is 11.7 Å². The van der Waals surface area contributed by atoms with Gasteiger partial charge in [0, 0.05) is 10.6 Å². The fraction of sp³-hybridized carbons (Fsp3) is 0.250. The zero-order chi connectivity index (χ0) is 13.8. The van der Waals surface area contributed by atoms with E-state index in [1.807, 2.05) is 0 Å². The Labute approximate surface area is 113 Å². The van der Waals surface area contributed by atoms with Gasteiger partial charge in [-0.1, -0.05) is 11.6 Å². The molecule has 2 aromatic rings. The van der Waals surface area contributed by atoms with E-state index in [1.54, 1.807) is 31.2 Å². The Morgan fingerprint density at radius 1 is 1.42 bits per heavy atom. The summed E-state index contributed by atoms with van der Waals surface area (Å²) in [4.78, 5) is 22.8. The average molecular weight is 283 g/mol. The van der Waals surface area contributed by atoms with Crippen molar-refractivity contribution >= 4 is 17.6 Å². The molecule has 0 aliphatic heterocycles. The van der Waals surface area contributed by atoms with E-state index in [4.69, 9.17) is 20.8 Å². The highest BCUT2D eigenvalue weighted by molar-refractivity contribution is 6.30. The maximum absolute atomic E-state index is 11.5. The van der Waals surface area contributed by atoms with E-state index in [0.717, 1.165) is 4.68 Å². The molecule has 0 saturated heterocycles. The van der Waals surface area contributed by atoms with Gasteiger partial charge in [-0.25, -0.2) is 4.79 Å². The van der Waals surface area contributed by atoms with Gasteiger partial charge in [-0.05, 0) is 31.2 Å². The van der Waals surface area contributed by atoms with Gasteiger partial charge in [-0.15, -0.1) is 5.10 Å². The normalized spacial score (nSPS) is 10.4. The minimum Gasteiger partial charge on any atom is -0.465 e. The summed E-state index contributed by atoms with van der Waals surface area (Å²) in [5, 5.41) is 4.49. The van der Waals surface area contributed by atoms with Crippen LogP contribution in [0.5, 0.6) is 0 Å². The summed E-state index contributed by atoms with van der Waals surface area (Å²) in [6.07, 6.45) is 0. The summed E-state index contributed by atoms with van der Waals surface area (Å²) >= 11 is 5.76. The molecule has 0 amide bonds. The summed E-state index contributed by atoms with van der Waals surface area (Å²) in [5.41, 5.74) is 0.601. The number of benzene rings is 1. The number of carbonyl (C=O) groups excluding carboxylic acids is 1. The zero-order valence-electron chi connectivity index (χ0n) is 10.1. The molecule has 2 rings (SSSR count). The fourth-order valence-corrected chi connectivity index (χ4v) is 1.57. The molecule has 0 spiro atoms. The molecule has 1 aromatic heterocycles. The highest BCUT2D eigenvalue weighted by atomic mass is 35.5. The van der Waals surface area contributed by atoms with E-state index in [9.17, 15) is 9.59 Å². The lowest BCUT2D eigenvalue weighted by Gasteiger charge is -1.99. The van der Waals surface area contributed by atoms with Gasteiger partial charge in [-0.3, -0.25) is 4.79 Å². The first-order valence-corrected chi connectivity index (χ1v) is 5.97. The van der Waals surface area contributed by atoms with Crippen molar-refractivity contribution in [2.24, 2.45) is 0 Å². The van der Waals surface area contributed by atoms with Crippen LogP contribution < -0.4 is 5.76 Å². The van der Waals surface area contributed by atoms with Gasteiger partial charge in [-0.2, -0.15) is 4.68 Å². The smallest absolute Gasteiger partial charge is 0.437 e. The third-order valence-corrected chi connectivity index (χ3v) is 2.53. The minimum atomic E-state index is -0.710. The van der Waals surface area contributed by atoms with Gasteiger partial charge in [0.25, 0.3) is 0 Å². The molecule has 0 unspecified atom stereocenters. The maximum atomic E-state index is 11.5. The monoisotopic (exact) mass is 282 g/mol. The van der Waals surface area contributed by atoms with Crippen molar-refractivity contribution in [2.75, 3.05) is 6.61 Å².